The number of hydrogen-bond acceptors (Lipinski definition) is 5. The second kappa shape index (κ2) is 6.02. The van der Waals surface area contributed by atoms with E-state index in [0.29, 0.717) is 31.2 Å². The van der Waals surface area contributed by atoms with Crippen molar-refractivity contribution in [2.45, 2.75) is 13.3 Å². The number of aromatic carboxylic acids is 1. The number of anilines is 1. The van der Waals surface area contributed by atoms with Crippen molar-refractivity contribution in [2.24, 2.45) is 0 Å². The fourth-order valence-corrected chi connectivity index (χ4v) is 1.18. The lowest BCUT2D eigenvalue weighted by Gasteiger charge is -2.06. The van der Waals surface area contributed by atoms with Gasteiger partial charge in [0.1, 0.15) is 11.6 Å². The number of aromatic nitrogens is 2. The van der Waals surface area contributed by atoms with Crippen molar-refractivity contribution in [1.29, 1.82) is 0 Å². The molecular formula is C10H15N3O3. The van der Waals surface area contributed by atoms with Gasteiger partial charge in [0, 0.05) is 26.1 Å². The summed E-state index contributed by atoms with van der Waals surface area (Å²) in [4.78, 5) is 18.9. The third kappa shape index (κ3) is 3.47. The summed E-state index contributed by atoms with van der Waals surface area (Å²) in [5, 5.41) is 11.8. The predicted molar refractivity (Wildman–Crippen MR) is 58.7 cm³/mol. The molecule has 0 amide bonds. The standard InChI is InChI=1S/C10H15N3O3/c1-3-11-9-6-7(10(14)15)12-8(13-9)4-5-16-2/h6H,3-5H2,1-2H3,(H,14,15)(H,11,12,13). The molecule has 0 spiro atoms. The first kappa shape index (κ1) is 12.4. The van der Waals surface area contributed by atoms with Crippen LogP contribution in [0, 0.1) is 0 Å². The molecular weight excluding hydrogens is 210 g/mol. The zero-order valence-electron chi connectivity index (χ0n) is 9.36. The molecule has 0 bridgehead atoms. The van der Waals surface area contributed by atoms with E-state index in [2.05, 4.69) is 15.3 Å². The van der Waals surface area contributed by atoms with E-state index in [1.807, 2.05) is 6.92 Å². The van der Waals surface area contributed by atoms with Crippen LogP contribution in [-0.4, -0.2) is 41.3 Å². The van der Waals surface area contributed by atoms with Gasteiger partial charge in [0.05, 0.1) is 6.61 Å². The van der Waals surface area contributed by atoms with E-state index in [4.69, 9.17) is 9.84 Å². The summed E-state index contributed by atoms with van der Waals surface area (Å²) in [6.07, 6.45) is 0.496. The first-order chi connectivity index (χ1) is 7.67. The van der Waals surface area contributed by atoms with Crippen LogP contribution in [0.3, 0.4) is 0 Å². The number of nitrogens with one attached hydrogen (secondary N) is 1. The molecule has 1 aromatic heterocycles. The predicted octanol–water partition coefficient (Wildman–Crippen LogP) is 0.795. The van der Waals surface area contributed by atoms with Crippen molar-refractivity contribution in [3.05, 3.63) is 17.6 Å². The summed E-state index contributed by atoms with van der Waals surface area (Å²) in [5.74, 6) is -0.0566. The van der Waals surface area contributed by atoms with Crippen molar-refractivity contribution in [2.75, 3.05) is 25.6 Å². The van der Waals surface area contributed by atoms with Gasteiger partial charge in [-0.05, 0) is 6.92 Å². The zero-order chi connectivity index (χ0) is 12.0. The largest absolute Gasteiger partial charge is 0.477 e. The Morgan fingerprint density at radius 3 is 2.88 bits per heavy atom. The van der Waals surface area contributed by atoms with Gasteiger partial charge in [-0.3, -0.25) is 0 Å². The van der Waals surface area contributed by atoms with Crippen molar-refractivity contribution in [3.8, 4) is 0 Å². The Labute approximate surface area is 93.7 Å². The van der Waals surface area contributed by atoms with Crippen LogP contribution in [0.4, 0.5) is 5.82 Å². The summed E-state index contributed by atoms with van der Waals surface area (Å²) in [7, 11) is 1.58. The molecule has 0 radical (unpaired) electrons. The first-order valence-electron chi connectivity index (χ1n) is 5.01. The number of ether oxygens (including phenoxy) is 1. The Morgan fingerprint density at radius 1 is 1.56 bits per heavy atom. The van der Waals surface area contributed by atoms with E-state index in [1.165, 1.54) is 6.07 Å². The van der Waals surface area contributed by atoms with Gasteiger partial charge in [-0.1, -0.05) is 0 Å². The Hall–Kier alpha value is -1.69. The van der Waals surface area contributed by atoms with E-state index in [9.17, 15) is 4.79 Å². The van der Waals surface area contributed by atoms with Crippen LogP contribution in [0.1, 0.15) is 23.2 Å². The molecule has 0 saturated carbocycles. The molecule has 0 unspecified atom stereocenters. The van der Waals surface area contributed by atoms with E-state index in [0.717, 1.165) is 0 Å². The van der Waals surface area contributed by atoms with Crippen LogP contribution in [0.15, 0.2) is 6.07 Å². The van der Waals surface area contributed by atoms with E-state index in [-0.39, 0.29) is 5.69 Å². The molecule has 0 atom stereocenters. The number of carboxylic acids is 1. The van der Waals surface area contributed by atoms with Crippen molar-refractivity contribution in [1.82, 2.24) is 9.97 Å². The first-order valence-corrected chi connectivity index (χ1v) is 5.01. The Bertz CT molecular complexity index is 368. The van der Waals surface area contributed by atoms with E-state index < -0.39 is 5.97 Å². The highest BCUT2D eigenvalue weighted by Gasteiger charge is 2.09. The number of hydrogen-bond donors (Lipinski definition) is 2. The minimum Gasteiger partial charge on any atom is -0.477 e. The molecule has 1 aromatic rings. The second-order valence-electron chi connectivity index (χ2n) is 3.13. The molecule has 0 aliphatic rings. The highest BCUT2D eigenvalue weighted by molar-refractivity contribution is 5.86. The Kier molecular flexibility index (Phi) is 4.65. The quantitative estimate of drug-likeness (QED) is 0.744. The number of carboxylic acid groups (broad SMARTS) is 1. The van der Waals surface area contributed by atoms with Gasteiger partial charge >= 0.3 is 5.97 Å². The summed E-state index contributed by atoms with van der Waals surface area (Å²) >= 11 is 0. The summed E-state index contributed by atoms with van der Waals surface area (Å²) in [6.45, 7) is 3.06. The molecule has 6 nitrogen and oxygen atoms in total. The molecule has 2 N–H and O–H groups in total. The summed E-state index contributed by atoms with van der Waals surface area (Å²) in [5.41, 5.74) is -0.00273. The average molecular weight is 225 g/mol. The number of methoxy groups -OCH3 is 1. The molecule has 0 fully saturated rings. The third-order valence-corrected chi connectivity index (χ3v) is 1.88. The smallest absolute Gasteiger partial charge is 0.354 e. The van der Waals surface area contributed by atoms with Crippen molar-refractivity contribution >= 4 is 11.8 Å². The van der Waals surface area contributed by atoms with Gasteiger partial charge in [-0.15, -0.1) is 0 Å². The average Bonchev–Trinajstić information content (AvgIpc) is 2.26. The lowest BCUT2D eigenvalue weighted by Crippen LogP contribution is -2.10. The molecule has 1 rings (SSSR count). The van der Waals surface area contributed by atoms with Crippen LogP contribution in [0.25, 0.3) is 0 Å². The Balaban J connectivity index is 2.93. The number of nitrogens with zero attached hydrogens (tertiary/aromatic N) is 2. The molecule has 6 heteroatoms. The molecule has 0 saturated heterocycles. The van der Waals surface area contributed by atoms with Crippen LogP contribution in [0.5, 0.6) is 0 Å². The fraction of sp³-hybridized carbons (Fsp3) is 0.500. The minimum atomic E-state index is -1.06. The minimum absolute atomic E-state index is 0.00273. The topological polar surface area (TPSA) is 84.3 Å². The normalized spacial score (nSPS) is 10.1. The molecule has 88 valence electrons. The van der Waals surface area contributed by atoms with Crippen LogP contribution >= 0.6 is 0 Å². The molecule has 1 heterocycles. The summed E-state index contributed by atoms with van der Waals surface area (Å²) < 4.78 is 4.90. The van der Waals surface area contributed by atoms with Crippen LogP contribution in [-0.2, 0) is 11.2 Å². The molecule has 0 aliphatic carbocycles. The maximum atomic E-state index is 10.8. The maximum Gasteiger partial charge on any atom is 0.354 e. The zero-order valence-corrected chi connectivity index (χ0v) is 9.36. The number of carbonyl (C=O) groups is 1. The maximum absolute atomic E-state index is 10.8. The van der Waals surface area contributed by atoms with Gasteiger partial charge in [-0.2, -0.15) is 0 Å². The van der Waals surface area contributed by atoms with Gasteiger partial charge in [0.2, 0.25) is 0 Å². The lowest BCUT2D eigenvalue weighted by atomic mass is 10.3. The summed E-state index contributed by atoms with van der Waals surface area (Å²) in [6, 6.07) is 1.42. The highest BCUT2D eigenvalue weighted by atomic mass is 16.5. The molecule has 16 heavy (non-hydrogen) atoms. The SMILES string of the molecule is CCNc1cc(C(=O)O)nc(CCOC)n1. The van der Waals surface area contributed by atoms with Gasteiger partial charge in [0.25, 0.3) is 0 Å². The monoisotopic (exact) mass is 225 g/mol. The molecule has 0 aliphatic heterocycles. The van der Waals surface area contributed by atoms with Crippen LogP contribution < -0.4 is 5.32 Å². The van der Waals surface area contributed by atoms with Crippen molar-refractivity contribution in [3.63, 3.8) is 0 Å². The second-order valence-corrected chi connectivity index (χ2v) is 3.13. The highest BCUT2D eigenvalue weighted by Crippen LogP contribution is 2.07. The Morgan fingerprint density at radius 2 is 2.31 bits per heavy atom. The fourth-order valence-electron chi connectivity index (χ4n) is 1.18. The van der Waals surface area contributed by atoms with Gasteiger partial charge < -0.3 is 15.2 Å². The molecule has 0 aromatic carbocycles. The van der Waals surface area contributed by atoms with Crippen LogP contribution in [0.2, 0.25) is 0 Å². The lowest BCUT2D eigenvalue weighted by molar-refractivity contribution is 0.0689. The third-order valence-electron chi connectivity index (χ3n) is 1.88. The van der Waals surface area contributed by atoms with Crippen molar-refractivity contribution < 1.29 is 14.6 Å². The van der Waals surface area contributed by atoms with Gasteiger partial charge in [-0.25, -0.2) is 14.8 Å². The van der Waals surface area contributed by atoms with E-state index >= 15 is 0 Å². The van der Waals surface area contributed by atoms with E-state index in [1.54, 1.807) is 7.11 Å². The van der Waals surface area contributed by atoms with Gasteiger partial charge in [0.15, 0.2) is 5.69 Å². The number of rotatable bonds is 6.